The number of ether oxygens (including phenoxy) is 1. The third-order valence-corrected chi connectivity index (χ3v) is 1.30. The SMILES string of the molecule is O=C(OC(=O)C(F)(F)Br)C(F)(F)Br.[Na]. The van der Waals surface area contributed by atoms with Crippen LogP contribution in [0, 0.1) is 0 Å². The second-order valence-electron chi connectivity index (χ2n) is 1.67. The van der Waals surface area contributed by atoms with Crippen LogP contribution in [0.25, 0.3) is 0 Å². The molecule has 0 aromatic carbocycles. The molecular formula is C4Br2F4NaO3. The molecular weight excluding hydrogens is 355 g/mol. The first-order chi connectivity index (χ1) is 5.55. The Morgan fingerprint density at radius 3 is 1.29 bits per heavy atom. The first-order valence-electron chi connectivity index (χ1n) is 2.45. The molecule has 0 atom stereocenters. The van der Waals surface area contributed by atoms with Gasteiger partial charge in [0, 0.05) is 61.4 Å². The second kappa shape index (κ2) is 5.78. The van der Waals surface area contributed by atoms with Crippen molar-refractivity contribution in [1.29, 1.82) is 0 Å². The summed E-state index contributed by atoms with van der Waals surface area (Å²) in [4.78, 5) is 11.9. The van der Waals surface area contributed by atoms with E-state index in [4.69, 9.17) is 0 Å². The Bertz CT molecular complexity index is 212. The standard InChI is InChI=1S/C4Br2F4O3.Na/c5-3(7,8)1(11)13-2(12)4(6,9)10;. The van der Waals surface area contributed by atoms with Gasteiger partial charge in [-0.2, -0.15) is 17.6 Å². The minimum absolute atomic E-state index is 0. The first kappa shape index (κ1) is 17.2. The van der Waals surface area contributed by atoms with E-state index in [1.54, 1.807) is 0 Å². The number of halogens is 6. The topological polar surface area (TPSA) is 43.4 Å². The van der Waals surface area contributed by atoms with Gasteiger partial charge in [-0.15, -0.1) is 0 Å². The summed E-state index contributed by atoms with van der Waals surface area (Å²) in [5, 5.41) is 0. The van der Waals surface area contributed by atoms with Crippen LogP contribution >= 0.6 is 31.9 Å². The van der Waals surface area contributed by atoms with Gasteiger partial charge in [-0.3, -0.25) is 0 Å². The molecule has 0 aliphatic heterocycles. The minimum Gasteiger partial charge on any atom is -0.383 e. The Kier molecular flexibility index (Phi) is 7.11. The number of carbonyl (C=O) groups excluding carboxylic acids is 2. The fourth-order valence-electron chi connectivity index (χ4n) is 0.200. The molecule has 0 amide bonds. The molecule has 0 saturated heterocycles. The average molecular weight is 355 g/mol. The van der Waals surface area contributed by atoms with E-state index in [0.717, 1.165) is 0 Å². The molecule has 0 fully saturated rings. The largest absolute Gasteiger partial charge is 0.396 e. The van der Waals surface area contributed by atoms with Crippen LogP contribution in [0.4, 0.5) is 17.6 Å². The molecule has 10 heteroatoms. The van der Waals surface area contributed by atoms with Crippen LogP contribution in [0.5, 0.6) is 0 Å². The van der Waals surface area contributed by atoms with Crippen LogP contribution in [0.2, 0.25) is 0 Å². The number of rotatable bonds is 2. The summed E-state index contributed by atoms with van der Waals surface area (Å²) < 4.78 is 50.7. The van der Waals surface area contributed by atoms with Gasteiger partial charge in [0.05, 0.1) is 0 Å². The molecule has 0 aromatic heterocycles. The zero-order valence-corrected chi connectivity index (χ0v) is 11.7. The smallest absolute Gasteiger partial charge is 0.383 e. The van der Waals surface area contributed by atoms with Crippen molar-refractivity contribution < 1.29 is 31.9 Å². The summed E-state index contributed by atoms with van der Waals surface area (Å²) in [5.41, 5.74) is 0. The van der Waals surface area contributed by atoms with Gasteiger partial charge in [0.2, 0.25) is 0 Å². The van der Waals surface area contributed by atoms with Gasteiger partial charge in [-0.1, -0.05) is 0 Å². The van der Waals surface area contributed by atoms with E-state index in [0.29, 0.717) is 0 Å². The molecule has 0 bridgehead atoms. The normalized spacial score (nSPS) is 11.6. The first-order valence-corrected chi connectivity index (χ1v) is 4.04. The molecule has 0 rings (SSSR count). The maximum absolute atomic E-state index is 11.9. The molecule has 0 saturated carbocycles. The minimum atomic E-state index is -4.17. The van der Waals surface area contributed by atoms with E-state index in [9.17, 15) is 27.2 Å². The van der Waals surface area contributed by atoms with E-state index in [1.807, 2.05) is 0 Å². The monoisotopic (exact) mass is 353 g/mol. The molecule has 0 spiro atoms. The third-order valence-electron chi connectivity index (χ3n) is 0.648. The molecule has 0 aliphatic carbocycles. The van der Waals surface area contributed by atoms with Crippen LogP contribution in [0.3, 0.4) is 0 Å². The van der Waals surface area contributed by atoms with Crippen molar-refractivity contribution in [2.45, 2.75) is 9.66 Å². The van der Waals surface area contributed by atoms with Gasteiger partial charge in [0.1, 0.15) is 0 Å². The maximum atomic E-state index is 11.9. The molecule has 0 heterocycles. The maximum Gasteiger partial charge on any atom is 0.396 e. The van der Waals surface area contributed by atoms with E-state index in [1.165, 1.54) is 31.9 Å². The van der Waals surface area contributed by atoms with Gasteiger partial charge in [-0.05, 0) is 0 Å². The van der Waals surface area contributed by atoms with Crippen molar-refractivity contribution >= 4 is 73.4 Å². The predicted octanol–water partition coefficient (Wildman–Crippen LogP) is 1.65. The predicted molar refractivity (Wildman–Crippen MR) is 44.6 cm³/mol. The van der Waals surface area contributed by atoms with Crippen molar-refractivity contribution in [3.8, 4) is 0 Å². The quantitative estimate of drug-likeness (QED) is 0.249. The average Bonchev–Trinajstić information content (AvgIpc) is 1.82. The van der Waals surface area contributed by atoms with Crippen molar-refractivity contribution in [3.05, 3.63) is 0 Å². The molecule has 0 aliphatic rings. The fraction of sp³-hybridized carbons (Fsp3) is 0.500. The second-order valence-corrected chi connectivity index (χ2v) is 3.66. The summed E-state index contributed by atoms with van der Waals surface area (Å²) in [6, 6.07) is 0. The number of alkyl halides is 6. The van der Waals surface area contributed by atoms with Gasteiger partial charge in [0.25, 0.3) is 0 Å². The zero-order valence-electron chi connectivity index (χ0n) is 6.49. The van der Waals surface area contributed by atoms with Crippen molar-refractivity contribution in [2.75, 3.05) is 0 Å². The van der Waals surface area contributed by atoms with Crippen LogP contribution in [0.1, 0.15) is 0 Å². The van der Waals surface area contributed by atoms with Crippen LogP contribution < -0.4 is 0 Å². The summed E-state index contributed by atoms with van der Waals surface area (Å²) >= 11 is 3.04. The summed E-state index contributed by atoms with van der Waals surface area (Å²) in [6.07, 6.45) is 0. The van der Waals surface area contributed by atoms with Crippen molar-refractivity contribution in [2.24, 2.45) is 0 Å². The number of hydrogen-bond donors (Lipinski definition) is 0. The van der Waals surface area contributed by atoms with Crippen LogP contribution in [-0.4, -0.2) is 51.2 Å². The van der Waals surface area contributed by atoms with Crippen LogP contribution in [-0.2, 0) is 14.3 Å². The number of esters is 2. The molecule has 3 nitrogen and oxygen atoms in total. The van der Waals surface area contributed by atoms with E-state index < -0.39 is 21.6 Å². The Morgan fingerprint density at radius 1 is 0.929 bits per heavy atom. The summed E-state index contributed by atoms with van der Waals surface area (Å²) in [6.45, 7) is 0. The van der Waals surface area contributed by atoms with Gasteiger partial charge < -0.3 is 4.74 Å². The number of hydrogen-bond acceptors (Lipinski definition) is 3. The van der Waals surface area contributed by atoms with E-state index >= 15 is 0 Å². The molecule has 0 N–H and O–H groups in total. The fourth-order valence-corrected chi connectivity index (χ4v) is 0.362. The molecule has 77 valence electrons. The Hall–Kier alpha value is 0.820. The van der Waals surface area contributed by atoms with Crippen molar-refractivity contribution in [1.82, 2.24) is 0 Å². The van der Waals surface area contributed by atoms with E-state index in [2.05, 4.69) is 4.74 Å². The molecule has 0 aromatic rings. The van der Waals surface area contributed by atoms with Crippen molar-refractivity contribution in [3.63, 3.8) is 0 Å². The molecule has 0 unspecified atom stereocenters. The molecule has 14 heavy (non-hydrogen) atoms. The zero-order chi connectivity index (χ0) is 10.9. The van der Waals surface area contributed by atoms with Crippen LogP contribution in [0.15, 0.2) is 0 Å². The Balaban J connectivity index is 0. The van der Waals surface area contributed by atoms with Gasteiger partial charge in [0.15, 0.2) is 0 Å². The van der Waals surface area contributed by atoms with E-state index in [-0.39, 0.29) is 29.6 Å². The summed E-state index contributed by atoms with van der Waals surface area (Å²) in [5.74, 6) is -4.81. The van der Waals surface area contributed by atoms with Gasteiger partial charge >= 0.3 is 21.6 Å². The summed E-state index contributed by atoms with van der Waals surface area (Å²) in [7, 11) is 0. The third kappa shape index (κ3) is 6.33. The molecule has 1 radical (unpaired) electrons. The van der Waals surface area contributed by atoms with Gasteiger partial charge in [-0.25, -0.2) is 9.59 Å². The Labute approximate surface area is 114 Å². The Morgan fingerprint density at radius 2 is 1.14 bits per heavy atom. The number of carbonyl (C=O) groups is 2.